The molecule has 0 saturated carbocycles. The summed E-state index contributed by atoms with van der Waals surface area (Å²) in [6, 6.07) is -0.826. The highest BCUT2D eigenvalue weighted by molar-refractivity contribution is 5.76. The molecular formula is C77H139NO10. The maximum Gasteiger partial charge on any atom is 0.305 e. The molecule has 1 rings (SSSR count). The lowest BCUT2D eigenvalue weighted by molar-refractivity contribution is -0.302. The number of nitrogens with one attached hydrogen (secondary N) is 1. The molecule has 11 heteroatoms. The van der Waals surface area contributed by atoms with Crippen LogP contribution in [0.5, 0.6) is 0 Å². The van der Waals surface area contributed by atoms with E-state index >= 15 is 0 Å². The third-order valence-corrected chi connectivity index (χ3v) is 17.3. The van der Waals surface area contributed by atoms with Crippen LogP contribution in [0, 0.1) is 0 Å². The molecule has 1 aliphatic heterocycles. The second kappa shape index (κ2) is 65.6. The van der Waals surface area contributed by atoms with Crippen LogP contribution in [0.2, 0.25) is 0 Å². The van der Waals surface area contributed by atoms with Gasteiger partial charge in [0, 0.05) is 12.8 Å². The van der Waals surface area contributed by atoms with Crippen molar-refractivity contribution >= 4 is 11.9 Å². The normalized spacial score (nSPS) is 18.2. The topological polar surface area (TPSA) is 175 Å². The van der Waals surface area contributed by atoms with Crippen molar-refractivity contribution < 1.29 is 49.3 Å². The summed E-state index contributed by atoms with van der Waals surface area (Å²) in [6.45, 7) is 4.28. The fraction of sp³-hybridized carbons (Fsp3) is 0.818. The van der Waals surface area contributed by atoms with Gasteiger partial charge in [-0.3, -0.25) is 9.59 Å². The first-order chi connectivity index (χ1) is 43.2. The van der Waals surface area contributed by atoms with Crippen molar-refractivity contribution in [2.24, 2.45) is 0 Å². The van der Waals surface area contributed by atoms with Crippen molar-refractivity contribution in [1.82, 2.24) is 5.32 Å². The lowest BCUT2D eigenvalue weighted by Crippen LogP contribution is -2.60. The van der Waals surface area contributed by atoms with E-state index in [-0.39, 0.29) is 18.5 Å². The molecule has 0 radical (unpaired) electrons. The number of hydrogen-bond donors (Lipinski definition) is 6. The number of ether oxygens (including phenoxy) is 3. The Kier molecular flexibility index (Phi) is 61.9. The zero-order valence-electron chi connectivity index (χ0n) is 56.9. The predicted octanol–water partition coefficient (Wildman–Crippen LogP) is 19.5. The standard InChI is InChI=1S/C77H139NO10/c1-3-5-7-9-11-13-15-16-41-45-49-53-57-61-65-73(82)86-66-62-58-54-50-46-42-39-37-35-33-31-29-27-25-23-21-19-17-18-20-22-24-26-28-30-32-34-36-38-40-44-48-52-56-60-64-72(81)78-69(68-87-77-76(85)75(84)74(83)71(67-79)88-77)70(80)63-59-55-51-47-43-14-12-10-8-6-4-2/h9,11,15-16,19,21,25,27,43,47,59,63,69-71,74-77,79-80,83-85H,3-8,10,12-14,17-18,20,22-24,26,28-42,44-46,48-58,60-62,64-68H2,1-2H3,(H,78,81)/b11-9-,16-15-,21-19-,27-25-,47-43+,63-59+. The lowest BCUT2D eigenvalue weighted by Gasteiger charge is -2.40. The van der Waals surface area contributed by atoms with Crippen LogP contribution in [-0.2, 0) is 23.8 Å². The number of hydrogen-bond acceptors (Lipinski definition) is 10. The van der Waals surface area contributed by atoms with Crippen molar-refractivity contribution in [2.45, 2.75) is 384 Å². The van der Waals surface area contributed by atoms with Crippen molar-refractivity contribution in [2.75, 3.05) is 19.8 Å². The van der Waals surface area contributed by atoms with E-state index < -0.39 is 49.5 Å². The van der Waals surface area contributed by atoms with Crippen molar-refractivity contribution in [3.8, 4) is 0 Å². The average molecular weight is 1240 g/mol. The van der Waals surface area contributed by atoms with Gasteiger partial charge in [0.25, 0.3) is 0 Å². The molecule has 1 aliphatic rings. The molecule has 0 bridgehead atoms. The number of rotatable bonds is 65. The van der Waals surface area contributed by atoms with E-state index in [4.69, 9.17) is 14.2 Å². The van der Waals surface area contributed by atoms with Gasteiger partial charge in [-0.25, -0.2) is 0 Å². The molecule has 1 amide bonds. The Morgan fingerprint density at radius 2 is 0.784 bits per heavy atom. The summed E-state index contributed by atoms with van der Waals surface area (Å²) < 4.78 is 16.7. The molecule has 0 spiro atoms. The Morgan fingerprint density at radius 3 is 1.23 bits per heavy atom. The van der Waals surface area contributed by atoms with Crippen LogP contribution in [-0.4, -0.2) is 100 Å². The number of aliphatic hydroxyl groups is 5. The molecule has 0 aliphatic carbocycles. The fourth-order valence-corrected chi connectivity index (χ4v) is 11.4. The Labute approximate surface area is 541 Å². The lowest BCUT2D eigenvalue weighted by atomic mass is 9.99. The molecule has 0 aromatic carbocycles. The van der Waals surface area contributed by atoms with Crippen LogP contribution < -0.4 is 5.32 Å². The summed E-state index contributed by atoms with van der Waals surface area (Å²) in [4.78, 5) is 25.1. The van der Waals surface area contributed by atoms with Crippen molar-refractivity contribution in [3.05, 3.63) is 72.9 Å². The Hall–Kier alpha value is -2.90. The Balaban J connectivity index is 1.92. The maximum absolute atomic E-state index is 13.0. The number of allylic oxidation sites excluding steroid dienone is 11. The molecule has 88 heavy (non-hydrogen) atoms. The SMILES string of the molecule is CCCC/C=C\C/C=C\CCCCCCCC(=O)OCCCCCCCCCCCCC/C=C\C/C=C\CCCCCCCCCCCCCCCCCCCC(=O)NC(COC1OC(CO)C(O)C(O)C1O)C(O)/C=C/CC/C=C/CCCCCCC. The van der Waals surface area contributed by atoms with Gasteiger partial charge in [0.15, 0.2) is 6.29 Å². The third kappa shape index (κ3) is 53.7. The highest BCUT2D eigenvalue weighted by Gasteiger charge is 2.44. The Bertz CT molecular complexity index is 1690. The highest BCUT2D eigenvalue weighted by atomic mass is 16.7. The second-order valence-corrected chi connectivity index (χ2v) is 25.6. The number of amides is 1. The first-order valence-electron chi connectivity index (χ1n) is 37.2. The van der Waals surface area contributed by atoms with Crippen LogP contribution in [0.1, 0.15) is 341 Å². The van der Waals surface area contributed by atoms with Crippen molar-refractivity contribution in [1.29, 1.82) is 0 Å². The number of unbranched alkanes of at least 4 members (excludes halogenated alkanes) is 41. The van der Waals surface area contributed by atoms with Crippen molar-refractivity contribution in [3.63, 3.8) is 0 Å². The van der Waals surface area contributed by atoms with Gasteiger partial charge in [-0.15, -0.1) is 0 Å². The highest BCUT2D eigenvalue weighted by Crippen LogP contribution is 2.23. The minimum atomic E-state index is -1.58. The molecule has 7 unspecified atom stereocenters. The largest absolute Gasteiger partial charge is 0.466 e. The zero-order valence-corrected chi connectivity index (χ0v) is 56.9. The Morgan fingerprint density at radius 1 is 0.420 bits per heavy atom. The number of carbonyl (C=O) groups is 2. The predicted molar refractivity (Wildman–Crippen MR) is 370 cm³/mol. The fourth-order valence-electron chi connectivity index (χ4n) is 11.4. The molecule has 0 aromatic rings. The summed E-state index contributed by atoms with van der Waals surface area (Å²) in [6.07, 6.45) is 79.2. The van der Waals surface area contributed by atoms with E-state index in [0.717, 1.165) is 70.6 Å². The van der Waals surface area contributed by atoms with Gasteiger partial charge < -0.3 is 45.1 Å². The smallest absolute Gasteiger partial charge is 0.305 e. The summed E-state index contributed by atoms with van der Waals surface area (Å²) in [7, 11) is 0. The molecule has 512 valence electrons. The molecule has 1 heterocycles. The van der Waals surface area contributed by atoms with E-state index in [1.165, 1.54) is 244 Å². The van der Waals surface area contributed by atoms with Crippen LogP contribution in [0.25, 0.3) is 0 Å². The summed E-state index contributed by atoms with van der Waals surface area (Å²) in [5.74, 6) is -0.195. The van der Waals surface area contributed by atoms with Gasteiger partial charge in [0.2, 0.25) is 5.91 Å². The molecular weight excluding hydrogens is 1100 g/mol. The molecule has 7 atom stereocenters. The number of carbonyl (C=O) groups excluding carboxylic acids is 2. The van der Waals surface area contributed by atoms with E-state index in [1.54, 1.807) is 6.08 Å². The monoisotopic (exact) mass is 1240 g/mol. The minimum absolute atomic E-state index is 0.00516. The van der Waals surface area contributed by atoms with E-state index in [9.17, 15) is 35.1 Å². The quantitative estimate of drug-likeness (QED) is 0.0195. The minimum Gasteiger partial charge on any atom is -0.466 e. The van der Waals surface area contributed by atoms with Gasteiger partial charge in [0.1, 0.15) is 24.4 Å². The molecule has 0 aromatic heterocycles. The van der Waals surface area contributed by atoms with Crippen LogP contribution in [0.4, 0.5) is 0 Å². The average Bonchev–Trinajstić information content (AvgIpc) is 3.68. The first kappa shape index (κ1) is 83.1. The zero-order chi connectivity index (χ0) is 63.7. The van der Waals surface area contributed by atoms with Gasteiger partial charge in [-0.1, -0.05) is 299 Å². The van der Waals surface area contributed by atoms with Gasteiger partial charge in [-0.2, -0.15) is 0 Å². The molecule has 11 nitrogen and oxygen atoms in total. The maximum atomic E-state index is 13.0. The second-order valence-electron chi connectivity index (χ2n) is 25.6. The summed E-state index contributed by atoms with van der Waals surface area (Å²) >= 11 is 0. The van der Waals surface area contributed by atoms with E-state index in [1.807, 2.05) is 6.08 Å². The third-order valence-electron chi connectivity index (χ3n) is 17.3. The number of aliphatic hydroxyl groups excluding tert-OH is 5. The van der Waals surface area contributed by atoms with Crippen LogP contribution in [0.15, 0.2) is 72.9 Å². The molecule has 1 saturated heterocycles. The van der Waals surface area contributed by atoms with Gasteiger partial charge in [0.05, 0.1) is 32.0 Å². The van der Waals surface area contributed by atoms with E-state index in [0.29, 0.717) is 19.4 Å². The summed E-state index contributed by atoms with van der Waals surface area (Å²) in [5, 5.41) is 54.4. The first-order valence-corrected chi connectivity index (χ1v) is 37.2. The van der Waals surface area contributed by atoms with E-state index in [2.05, 4.69) is 79.9 Å². The molecule has 1 fully saturated rings. The van der Waals surface area contributed by atoms with Gasteiger partial charge in [-0.05, 0) is 103 Å². The van der Waals surface area contributed by atoms with Crippen LogP contribution in [0.3, 0.4) is 0 Å². The number of esters is 1. The van der Waals surface area contributed by atoms with Gasteiger partial charge >= 0.3 is 5.97 Å². The molecule has 6 N–H and O–H groups in total. The van der Waals surface area contributed by atoms with Crippen LogP contribution >= 0.6 is 0 Å². The summed E-state index contributed by atoms with van der Waals surface area (Å²) in [5.41, 5.74) is 0.